The monoisotopic (exact) mass is 531 g/mol. The molecule has 206 valence electrons. The van der Waals surface area contributed by atoms with Crippen molar-refractivity contribution in [2.24, 2.45) is 0 Å². The van der Waals surface area contributed by atoms with Crippen molar-refractivity contribution in [1.29, 1.82) is 0 Å². The number of amides is 2. The van der Waals surface area contributed by atoms with Gasteiger partial charge in [-0.2, -0.15) is 0 Å². The number of aryl methyl sites for hydroxylation is 1. The van der Waals surface area contributed by atoms with Crippen LogP contribution in [-0.4, -0.2) is 60.4 Å². The third-order valence-corrected chi connectivity index (χ3v) is 7.23. The molecule has 4 rings (SSSR count). The molecule has 0 aromatic heterocycles. The Bertz CT molecular complexity index is 1260. The average molecular weight is 532 g/mol. The van der Waals surface area contributed by atoms with Crippen molar-refractivity contribution >= 4 is 17.5 Å². The predicted octanol–water partition coefficient (Wildman–Crippen LogP) is 5.23. The lowest BCUT2D eigenvalue weighted by Gasteiger charge is -2.30. The average Bonchev–Trinajstić information content (AvgIpc) is 2.96. The fourth-order valence-electron chi connectivity index (χ4n) is 5.06. The Labute approximate surface area is 231 Å². The van der Waals surface area contributed by atoms with Crippen molar-refractivity contribution in [2.75, 3.05) is 37.7 Å². The second kappa shape index (κ2) is 13.4. The number of nitrogens with zero attached hydrogens (tertiary/aromatic N) is 3. The van der Waals surface area contributed by atoms with E-state index in [4.69, 9.17) is 4.74 Å². The summed E-state index contributed by atoms with van der Waals surface area (Å²) in [4.78, 5) is 33.1. The molecule has 3 aromatic rings. The molecule has 0 atom stereocenters. The molecule has 0 saturated heterocycles. The summed E-state index contributed by atoms with van der Waals surface area (Å²) in [6.07, 6.45) is 0.773. The highest BCUT2D eigenvalue weighted by Gasteiger charge is 2.26. The van der Waals surface area contributed by atoms with Crippen molar-refractivity contribution in [3.63, 3.8) is 0 Å². The molecule has 0 aliphatic carbocycles. The van der Waals surface area contributed by atoms with Crippen LogP contribution in [0, 0.1) is 12.7 Å². The van der Waals surface area contributed by atoms with E-state index in [1.807, 2.05) is 60.4 Å². The first-order valence-corrected chi connectivity index (χ1v) is 13.7. The zero-order chi connectivity index (χ0) is 27.8. The molecular formula is C32H38FN3O3. The normalized spacial score (nSPS) is 15.0. The van der Waals surface area contributed by atoms with Gasteiger partial charge in [-0.1, -0.05) is 54.6 Å². The first-order chi connectivity index (χ1) is 18.8. The molecule has 0 spiro atoms. The van der Waals surface area contributed by atoms with Gasteiger partial charge < -0.3 is 14.5 Å². The van der Waals surface area contributed by atoms with E-state index in [2.05, 4.69) is 18.7 Å². The van der Waals surface area contributed by atoms with Crippen LogP contribution in [0.5, 0.6) is 5.75 Å². The van der Waals surface area contributed by atoms with Gasteiger partial charge in [0.2, 0.25) is 5.91 Å². The molecule has 0 fully saturated rings. The number of benzene rings is 3. The second-order valence-electron chi connectivity index (χ2n) is 10.3. The molecule has 7 heteroatoms. The van der Waals surface area contributed by atoms with Crippen molar-refractivity contribution in [3.8, 4) is 5.75 Å². The van der Waals surface area contributed by atoms with Gasteiger partial charge in [-0.15, -0.1) is 0 Å². The standard InChI is InChI=1S/C32H38FN3O3/c1-24(2)34-17-10-18-36(31(38)23-39-28-14-5-4-6-15-28)32-25(3)11-9-13-27(32)22-35(20-19-34)30(37)21-26-12-7-8-16-29(26)33/h4-9,11-16,24H,10,17-23H2,1-3H3. The number of halogens is 1. The van der Waals surface area contributed by atoms with Crippen LogP contribution in [0.15, 0.2) is 72.8 Å². The van der Waals surface area contributed by atoms with Gasteiger partial charge in [0.15, 0.2) is 6.61 Å². The molecule has 0 radical (unpaired) electrons. The maximum atomic E-state index is 14.4. The van der Waals surface area contributed by atoms with E-state index in [1.165, 1.54) is 6.07 Å². The number of rotatable bonds is 6. The number of fused-ring (bicyclic) bond motifs is 1. The van der Waals surface area contributed by atoms with E-state index in [1.54, 1.807) is 23.1 Å². The summed E-state index contributed by atoms with van der Waals surface area (Å²) in [6.45, 7) is 9.07. The van der Waals surface area contributed by atoms with Gasteiger partial charge in [0.25, 0.3) is 5.91 Å². The zero-order valence-electron chi connectivity index (χ0n) is 23.1. The molecule has 3 aromatic carbocycles. The number of para-hydroxylation sites is 2. The van der Waals surface area contributed by atoms with Crippen molar-refractivity contribution in [1.82, 2.24) is 9.80 Å². The minimum absolute atomic E-state index is 0.0109. The minimum Gasteiger partial charge on any atom is -0.484 e. The number of anilines is 1. The van der Waals surface area contributed by atoms with Gasteiger partial charge >= 0.3 is 0 Å². The van der Waals surface area contributed by atoms with Crippen LogP contribution >= 0.6 is 0 Å². The Hall–Kier alpha value is -3.71. The summed E-state index contributed by atoms with van der Waals surface area (Å²) >= 11 is 0. The number of ether oxygens (including phenoxy) is 1. The molecule has 0 bridgehead atoms. The molecule has 39 heavy (non-hydrogen) atoms. The van der Waals surface area contributed by atoms with E-state index < -0.39 is 0 Å². The summed E-state index contributed by atoms with van der Waals surface area (Å²) in [6, 6.07) is 21.9. The molecule has 0 saturated carbocycles. The van der Waals surface area contributed by atoms with E-state index in [-0.39, 0.29) is 36.7 Å². The van der Waals surface area contributed by atoms with Crippen molar-refractivity contribution < 1.29 is 18.7 Å². The van der Waals surface area contributed by atoms with E-state index in [9.17, 15) is 14.0 Å². The molecule has 2 amide bonds. The van der Waals surface area contributed by atoms with Crippen LogP contribution in [0.4, 0.5) is 10.1 Å². The predicted molar refractivity (Wildman–Crippen MR) is 152 cm³/mol. The van der Waals surface area contributed by atoms with E-state index in [0.717, 1.165) is 29.8 Å². The van der Waals surface area contributed by atoms with Gasteiger partial charge in [-0.25, -0.2) is 4.39 Å². The number of carbonyl (C=O) groups is 2. The van der Waals surface area contributed by atoms with Crippen LogP contribution in [0.2, 0.25) is 0 Å². The summed E-state index contributed by atoms with van der Waals surface area (Å²) in [7, 11) is 0. The SMILES string of the molecule is Cc1cccc2c1N(C(=O)COc1ccccc1)CCCN(C(C)C)CCN(C(=O)Cc1ccccc1F)C2. The van der Waals surface area contributed by atoms with Crippen LogP contribution < -0.4 is 9.64 Å². The summed E-state index contributed by atoms with van der Waals surface area (Å²) in [5, 5.41) is 0. The molecule has 0 unspecified atom stereocenters. The Balaban J connectivity index is 1.65. The lowest BCUT2D eigenvalue weighted by molar-refractivity contribution is -0.131. The van der Waals surface area contributed by atoms with Crippen LogP contribution in [0.3, 0.4) is 0 Å². The quantitative estimate of drug-likeness (QED) is 0.437. The Morgan fingerprint density at radius 3 is 2.36 bits per heavy atom. The van der Waals surface area contributed by atoms with E-state index in [0.29, 0.717) is 37.5 Å². The fraction of sp³-hybridized carbons (Fsp3) is 0.375. The van der Waals surface area contributed by atoms with Crippen LogP contribution in [0.1, 0.15) is 37.0 Å². The Kier molecular flexibility index (Phi) is 9.71. The van der Waals surface area contributed by atoms with E-state index >= 15 is 0 Å². The molecule has 1 aliphatic heterocycles. The van der Waals surface area contributed by atoms with Crippen LogP contribution in [-0.2, 0) is 22.6 Å². The van der Waals surface area contributed by atoms with Gasteiger partial charge in [0.05, 0.1) is 12.1 Å². The lowest BCUT2D eigenvalue weighted by Crippen LogP contribution is -2.42. The smallest absolute Gasteiger partial charge is 0.264 e. The third-order valence-electron chi connectivity index (χ3n) is 7.23. The summed E-state index contributed by atoms with van der Waals surface area (Å²) in [5.41, 5.74) is 3.06. The number of hydrogen-bond donors (Lipinski definition) is 0. The summed E-state index contributed by atoms with van der Waals surface area (Å²) in [5.74, 6) is -0.00152. The maximum Gasteiger partial charge on any atom is 0.264 e. The van der Waals surface area contributed by atoms with Gasteiger partial charge in [-0.3, -0.25) is 14.5 Å². The lowest BCUT2D eigenvalue weighted by atomic mass is 10.0. The molecule has 1 aliphatic rings. The van der Waals surface area contributed by atoms with Crippen molar-refractivity contribution in [3.05, 3.63) is 95.3 Å². The number of carbonyl (C=O) groups excluding carboxylic acids is 2. The molecular weight excluding hydrogens is 493 g/mol. The minimum atomic E-state index is -0.376. The maximum absolute atomic E-state index is 14.4. The van der Waals surface area contributed by atoms with Gasteiger partial charge in [-0.05, 0) is 62.1 Å². The first-order valence-electron chi connectivity index (χ1n) is 13.7. The molecule has 1 heterocycles. The van der Waals surface area contributed by atoms with Crippen LogP contribution in [0.25, 0.3) is 0 Å². The topological polar surface area (TPSA) is 53.1 Å². The third kappa shape index (κ3) is 7.45. The van der Waals surface area contributed by atoms with Gasteiger partial charge in [0.1, 0.15) is 11.6 Å². The Morgan fingerprint density at radius 2 is 1.62 bits per heavy atom. The summed E-state index contributed by atoms with van der Waals surface area (Å²) < 4.78 is 20.2. The first kappa shape index (κ1) is 28.3. The highest BCUT2D eigenvalue weighted by atomic mass is 19.1. The largest absolute Gasteiger partial charge is 0.484 e. The highest BCUT2D eigenvalue weighted by molar-refractivity contribution is 5.96. The number of hydrogen-bond acceptors (Lipinski definition) is 4. The van der Waals surface area contributed by atoms with Crippen molar-refractivity contribution in [2.45, 2.75) is 46.2 Å². The zero-order valence-corrected chi connectivity index (χ0v) is 23.1. The van der Waals surface area contributed by atoms with Gasteiger partial charge in [0, 0.05) is 38.8 Å². The second-order valence-corrected chi connectivity index (χ2v) is 10.3. The Morgan fingerprint density at radius 1 is 0.872 bits per heavy atom. The molecule has 0 N–H and O–H groups in total. The molecule has 6 nitrogen and oxygen atoms in total. The highest BCUT2D eigenvalue weighted by Crippen LogP contribution is 2.28. The fourth-order valence-corrected chi connectivity index (χ4v) is 5.06.